The molecule has 0 atom stereocenters. The van der Waals surface area contributed by atoms with Crippen molar-refractivity contribution in [2.45, 2.75) is 26.8 Å². The summed E-state index contributed by atoms with van der Waals surface area (Å²) in [5.41, 5.74) is 9.27. The van der Waals surface area contributed by atoms with E-state index < -0.39 is 0 Å². The molecular formula is C14H19N5O. The predicted octanol–water partition coefficient (Wildman–Crippen LogP) is 1.20. The van der Waals surface area contributed by atoms with Gasteiger partial charge in [0.05, 0.1) is 23.6 Å². The molecule has 0 saturated heterocycles. The molecule has 2 aromatic rings. The molecule has 0 radical (unpaired) electrons. The number of anilines is 1. The second-order valence-electron chi connectivity index (χ2n) is 4.64. The van der Waals surface area contributed by atoms with Gasteiger partial charge in [-0.2, -0.15) is 5.10 Å². The van der Waals surface area contributed by atoms with Crippen molar-refractivity contribution in [3.05, 3.63) is 41.0 Å². The lowest BCUT2D eigenvalue weighted by Crippen LogP contribution is -2.26. The number of hydrogen-bond acceptors (Lipinski definition) is 4. The molecular weight excluding hydrogens is 254 g/mol. The Balaban J connectivity index is 2.11. The van der Waals surface area contributed by atoms with Crippen LogP contribution < -0.4 is 11.1 Å². The molecule has 0 aliphatic carbocycles. The molecule has 1 amide bonds. The molecule has 0 fully saturated rings. The number of rotatable bonds is 4. The summed E-state index contributed by atoms with van der Waals surface area (Å²) in [5.74, 6) is -0.236. The van der Waals surface area contributed by atoms with Crippen LogP contribution in [0.25, 0.3) is 0 Å². The molecule has 0 unspecified atom stereocenters. The first kappa shape index (κ1) is 14.0. The Morgan fingerprint density at radius 2 is 2.20 bits per heavy atom. The molecule has 2 heterocycles. The standard InChI is InChI=1S/C14H19N5O/c1-4-11-12(15)13(19(3)18-11)14(20)16-8-10-7-5-6-9(2)17-10/h5-7H,4,8,15H2,1-3H3,(H,16,20). The van der Waals surface area contributed by atoms with Crippen LogP contribution in [-0.2, 0) is 20.0 Å². The SMILES string of the molecule is CCc1nn(C)c(C(=O)NCc2cccc(C)n2)c1N. The van der Waals surface area contributed by atoms with Crippen LogP contribution in [0.4, 0.5) is 5.69 Å². The number of nitrogens with zero attached hydrogens (tertiary/aromatic N) is 3. The number of nitrogen functional groups attached to an aromatic ring is 1. The molecule has 0 aliphatic rings. The molecule has 0 aromatic carbocycles. The van der Waals surface area contributed by atoms with Crippen molar-refractivity contribution in [2.24, 2.45) is 7.05 Å². The molecule has 0 aliphatic heterocycles. The number of aromatic nitrogens is 3. The summed E-state index contributed by atoms with van der Waals surface area (Å²) in [5, 5.41) is 7.05. The topological polar surface area (TPSA) is 85.8 Å². The third-order valence-corrected chi connectivity index (χ3v) is 3.09. The third kappa shape index (κ3) is 2.79. The molecule has 2 rings (SSSR count). The first-order valence-corrected chi connectivity index (χ1v) is 6.55. The van der Waals surface area contributed by atoms with Gasteiger partial charge in [0.15, 0.2) is 0 Å². The van der Waals surface area contributed by atoms with Gasteiger partial charge >= 0.3 is 0 Å². The number of nitrogens with two attached hydrogens (primary N) is 1. The maximum Gasteiger partial charge on any atom is 0.272 e. The zero-order valence-corrected chi connectivity index (χ0v) is 12.0. The van der Waals surface area contributed by atoms with Crippen LogP contribution in [0.5, 0.6) is 0 Å². The highest BCUT2D eigenvalue weighted by Crippen LogP contribution is 2.16. The minimum Gasteiger partial charge on any atom is -0.395 e. The third-order valence-electron chi connectivity index (χ3n) is 3.09. The largest absolute Gasteiger partial charge is 0.395 e. The van der Waals surface area contributed by atoms with E-state index in [2.05, 4.69) is 15.4 Å². The van der Waals surface area contributed by atoms with Crippen LogP contribution in [0.2, 0.25) is 0 Å². The minimum atomic E-state index is -0.236. The zero-order valence-electron chi connectivity index (χ0n) is 12.0. The Labute approximate surface area is 118 Å². The Bertz CT molecular complexity index is 632. The number of nitrogens with one attached hydrogen (secondary N) is 1. The second kappa shape index (κ2) is 5.73. The average molecular weight is 273 g/mol. The lowest BCUT2D eigenvalue weighted by molar-refractivity contribution is 0.0942. The van der Waals surface area contributed by atoms with Gasteiger partial charge in [0.1, 0.15) is 5.69 Å². The summed E-state index contributed by atoms with van der Waals surface area (Å²) in [6, 6.07) is 5.70. The summed E-state index contributed by atoms with van der Waals surface area (Å²) >= 11 is 0. The van der Waals surface area contributed by atoms with Crippen LogP contribution in [0.1, 0.15) is 34.5 Å². The molecule has 106 valence electrons. The lowest BCUT2D eigenvalue weighted by atomic mass is 10.2. The molecule has 6 heteroatoms. The predicted molar refractivity (Wildman–Crippen MR) is 77.1 cm³/mol. The number of aryl methyl sites for hydroxylation is 3. The van der Waals surface area contributed by atoms with Gasteiger partial charge in [-0.3, -0.25) is 14.5 Å². The molecule has 0 saturated carbocycles. The van der Waals surface area contributed by atoms with Crippen molar-refractivity contribution < 1.29 is 4.79 Å². The molecule has 6 nitrogen and oxygen atoms in total. The van der Waals surface area contributed by atoms with E-state index in [1.54, 1.807) is 7.05 Å². The van der Waals surface area contributed by atoms with Crippen LogP contribution in [0, 0.1) is 6.92 Å². The Morgan fingerprint density at radius 1 is 1.45 bits per heavy atom. The second-order valence-corrected chi connectivity index (χ2v) is 4.64. The zero-order chi connectivity index (χ0) is 14.7. The van der Waals surface area contributed by atoms with E-state index >= 15 is 0 Å². The summed E-state index contributed by atoms with van der Waals surface area (Å²) in [7, 11) is 1.72. The van der Waals surface area contributed by atoms with Crippen LogP contribution >= 0.6 is 0 Å². The van der Waals surface area contributed by atoms with Gasteiger partial charge in [-0.1, -0.05) is 13.0 Å². The Hall–Kier alpha value is -2.37. The fraction of sp³-hybridized carbons (Fsp3) is 0.357. The van der Waals surface area contributed by atoms with Gasteiger partial charge in [0.2, 0.25) is 0 Å². The van der Waals surface area contributed by atoms with E-state index in [1.165, 1.54) is 4.68 Å². The van der Waals surface area contributed by atoms with Gasteiger partial charge in [-0.05, 0) is 25.5 Å². The van der Waals surface area contributed by atoms with Crippen molar-refractivity contribution in [3.63, 3.8) is 0 Å². The van der Waals surface area contributed by atoms with Gasteiger partial charge in [-0.15, -0.1) is 0 Å². The van der Waals surface area contributed by atoms with Crippen LogP contribution in [0.3, 0.4) is 0 Å². The van der Waals surface area contributed by atoms with Crippen molar-refractivity contribution >= 4 is 11.6 Å². The Kier molecular flexibility index (Phi) is 4.02. The van der Waals surface area contributed by atoms with E-state index in [1.807, 2.05) is 32.0 Å². The van der Waals surface area contributed by atoms with Gasteiger partial charge in [-0.25, -0.2) is 0 Å². The number of pyridine rings is 1. The van der Waals surface area contributed by atoms with E-state index in [4.69, 9.17) is 5.73 Å². The maximum atomic E-state index is 12.2. The molecule has 2 aromatic heterocycles. The van der Waals surface area contributed by atoms with E-state index in [-0.39, 0.29) is 5.91 Å². The first-order valence-electron chi connectivity index (χ1n) is 6.55. The van der Waals surface area contributed by atoms with Gasteiger partial charge < -0.3 is 11.1 Å². The molecule has 20 heavy (non-hydrogen) atoms. The average Bonchev–Trinajstić information content (AvgIpc) is 2.71. The number of carbonyl (C=O) groups is 1. The summed E-state index contributed by atoms with van der Waals surface area (Å²) in [6.07, 6.45) is 0.701. The van der Waals surface area contributed by atoms with E-state index in [9.17, 15) is 4.79 Å². The van der Waals surface area contributed by atoms with Crippen molar-refractivity contribution in [1.29, 1.82) is 0 Å². The molecule has 0 bridgehead atoms. The normalized spacial score (nSPS) is 10.6. The highest BCUT2D eigenvalue weighted by atomic mass is 16.2. The van der Waals surface area contributed by atoms with Crippen molar-refractivity contribution in [3.8, 4) is 0 Å². The van der Waals surface area contributed by atoms with E-state index in [0.29, 0.717) is 24.3 Å². The molecule has 0 spiro atoms. The number of carbonyl (C=O) groups excluding carboxylic acids is 1. The smallest absolute Gasteiger partial charge is 0.272 e. The summed E-state index contributed by atoms with van der Waals surface area (Å²) < 4.78 is 1.52. The summed E-state index contributed by atoms with van der Waals surface area (Å²) in [6.45, 7) is 4.24. The van der Waals surface area contributed by atoms with Gasteiger partial charge in [0, 0.05) is 12.7 Å². The number of amides is 1. The maximum absolute atomic E-state index is 12.2. The van der Waals surface area contributed by atoms with Gasteiger partial charge in [0.25, 0.3) is 5.91 Å². The van der Waals surface area contributed by atoms with Crippen LogP contribution in [0.15, 0.2) is 18.2 Å². The van der Waals surface area contributed by atoms with Crippen molar-refractivity contribution in [1.82, 2.24) is 20.1 Å². The monoisotopic (exact) mass is 273 g/mol. The number of hydrogen-bond donors (Lipinski definition) is 2. The summed E-state index contributed by atoms with van der Waals surface area (Å²) in [4.78, 5) is 16.5. The van der Waals surface area contributed by atoms with E-state index in [0.717, 1.165) is 17.1 Å². The molecule has 3 N–H and O–H groups in total. The highest BCUT2D eigenvalue weighted by Gasteiger charge is 2.18. The lowest BCUT2D eigenvalue weighted by Gasteiger charge is -2.06. The minimum absolute atomic E-state index is 0.236. The Morgan fingerprint density at radius 3 is 2.80 bits per heavy atom. The fourth-order valence-corrected chi connectivity index (χ4v) is 2.08. The highest BCUT2D eigenvalue weighted by molar-refractivity contribution is 5.97. The fourth-order valence-electron chi connectivity index (χ4n) is 2.08. The van der Waals surface area contributed by atoms with Crippen molar-refractivity contribution in [2.75, 3.05) is 5.73 Å². The first-order chi connectivity index (χ1) is 9.52. The van der Waals surface area contributed by atoms with Crippen LogP contribution in [-0.4, -0.2) is 20.7 Å². The quantitative estimate of drug-likeness (QED) is 0.876.